The van der Waals surface area contributed by atoms with Gasteiger partial charge < -0.3 is 10.4 Å². The molecule has 1 aliphatic rings. The summed E-state index contributed by atoms with van der Waals surface area (Å²) in [6.07, 6.45) is 2.97. The average molecular weight is 283 g/mol. The van der Waals surface area contributed by atoms with Crippen LogP contribution in [0, 0.1) is 5.82 Å². The fourth-order valence-electron chi connectivity index (χ4n) is 1.94. The number of carboxylic acids is 1. The Morgan fingerprint density at radius 1 is 1.37 bits per heavy atom. The topological polar surface area (TPSA) is 66.4 Å². The summed E-state index contributed by atoms with van der Waals surface area (Å²) in [5, 5.41) is 11.2. The number of carbonyl (C=O) groups is 2. The number of halogens is 1. The Labute approximate surface area is 114 Å². The van der Waals surface area contributed by atoms with Gasteiger partial charge in [-0.1, -0.05) is 6.42 Å². The second kappa shape index (κ2) is 6.06. The number of hydrogen-bond donors (Lipinski definition) is 2. The Balaban J connectivity index is 2.04. The summed E-state index contributed by atoms with van der Waals surface area (Å²) in [6, 6.07) is 3.59. The highest BCUT2D eigenvalue weighted by atomic mass is 32.2. The lowest BCUT2D eigenvalue weighted by Crippen LogP contribution is -2.27. The molecule has 0 radical (unpaired) electrons. The molecule has 0 aliphatic carbocycles. The quantitative estimate of drug-likeness (QED) is 0.895. The molecule has 1 aromatic rings. The fourth-order valence-corrected chi connectivity index (χ4v) is 3.14. The van der Waals surface area contributed by atoms with E-state index in [0.29, 0.717) is 5.69 Å². The first kappa shape index (κ1) is 13.9. The third-order valence-electron chi connectivity index (χ3n) is 2.94. The van der Waals surface area contributed by atoms with Gasteiger partial charge in [0.05, 0.1) is 10.8 Å². The number of rotatable bonds is 3. The van der Waals surface area contributed by atoms with Crippen molar-refractivity contribution in [2.45, 2.75) is 24.5 Å². The molecule has 0 aromatic heterocycles. The van der Waals surface area contributed by atoms with Gasteiger partial charge in [-0.2, -0.15) is 0 Å². The largest absolute Gasteiger partial charge is 0.478 e. The van der Waals surface area contributed by atoms with Gasteiger partial charge in [0.25, 0.3) is 0 Å². The summed E-state index contributed by atoms with van der Waals surface area (Å²) >= 11 is 1.60. The standard InChI is InChI=1S/C13H14FNO3S/c14-10-7-8(4-5-9(10)13(17)18)15-12(16)11-3-1-2-6-19-11/h4-5,7,11H,1-3,6H2,(H,15,16)(H,17,18). The lowest BCUT2D eigenvalue weighted by molar-refractivity contribution is -0.115. The van der Waals surface area contributed by atoms with Gasteiger partial charge in [0.2, 0.25) is 5.91 Å². The Morgan fingerprint density at radius 3 is 2.74 bits per heavy atom. The van der Waals surface area contributed by atoms with Crippen LogP contribution in [0.4, 0.5) is 10.1 Å². The zero-order valence-corrected chi connectivity index (χ0v) is 11.0. The summed E-state index contributed by atoms with van der Waals surface area (Å²) in [5.41, 5.74) is -0.108. The average Bonchev–Trinajstić information content (AvgIpc) is 2.39. The van der Waals surface area contributed by atoms with Gasteiger partial charge in [-0.15, -0.1) is 11.8 Å². The Morgan fingerprint density at radius 2 is 2.16 bits per heavy atom. The molecule has 19 heavy (non-hydrogen) atoms. The van der Waals surface area contributed by atoms with Crippen LogP contribution < -0.4 is 5.32 Å². The summed E-state index contributed by atoms with van der Waals surface area (Å²) < 4.78 is 13.5. The van der Waals surface area contributed by atoms with Crippen molar-refractivity contribution in [2.24, 2.45) is 0 Å². The van der Waals surface area contributed by atoms with Gasteiger partial charge >= 0.3 is 5.97 Å². The monoisotopic (exact) mass is 283 g/mol. The number of hydrogen-bond acceptors (Lipinski definition) is 3. The Hall–Kier alpha value is -1.56. The predicted octanol–water partition coefficient (Wildman–Crippen LogP) is 2.75. The number of anilines is 1. The molecule has 1 amide bonds. The molecule has 1 unspecified atom stereocenters. The number of thioether (sulfide) groups is 1. The van der Waals surface area contributed by atoms with E-state index in [1.807, 2.05) is 0 Å². The maximum atomic E-state index is 13.5. The summed E-state index contributed by atoms with van der Waals surface area (Å²) in [4.78, 5) is 22.6. The Kier molecular flexibility index (Phi) is 4.42. The third-order valence-corrected chi connectivity index (χ3v) is 4.32. The highest BCUT2D eigenvalue weighted by molar-refractivity contribution is 8.00. The van der Waals surface area contributed by atoms with E-state index in [1.165, 1.54) is 6.07 Å². The maximum absolute atomic E-state index is 13.5. The minimum absolute atomic E-state index is 0.101. The molecule has 6 heteroatoms. The molecular formula is C13H14FNO3S. The lowest BCUT2D eigenvalue weighted by atomic mass is 10.1. The SMILES string of the molecule is O=C(O)c1ccc(NC(=O)C2CCCCS2)cc1F. The van der Waals surface area contributed by atoms with Crippen LogP contribution in [0.2, 0.25) is 0 Å². The first-order valence-electron chi connectivity index (χ1n) is 6.03. The fraction of sp³-hybridized carbons (Fsp3) is 0.385. The summed E-state index contributed by atoms with van der Waals surface area (Å²) in [6.45, 7) is 0. The molecule has 1 aromatic carbocycles. The van der Waals surface area contributed by atoms with Crippen molar-refractivity contribution in [3.05, 3.63) is 29.6 Å². The van der Waals surface area contributed by atoms with Crippen LogP contribution in [-0.2, 0) is 4.79 Å². The van der Waals surface area contributed by atoms with E-state index in [0.717, 1.165) is 37.1 Å². The number of aromatic carboxylic acids is 1. The van der Waals surface area contributed by atoms with Gasteiger partial charge in [-0.3, -0.25) is 4.79 Å². The van der Waals surface area contributed by atoms with Gasteiger partial charge in [0.1, 0.15) is 5.82 Å². The second-order valence-electron chi connectivity index (χ2n) is 4.34. The van der Waals surface area contributed by atoms with E-state index < -0.39 is 17.3 Å². The van der Waals surface area contributed by atoms with Crippen molar-refractivity contribution >= 4 is 29.3 Å². The minimum Gasteiger partial charge on any atom is -0.478 e. The third kappa shape index (κ3) is 3.47. The van der Waals surface area contributed by atoms with E-state index >= 15 is 0 Å². The second-order valence-corrected chi connectivity index (χ2v) is 5.65. The predicted molar refractivity (Wildman–Crippen MR) is 72.1 cm³/mol. The molecule has 2 rings (SSSR count). The number of amides is 1. The molecule has 0 spiro atoms. The van der Waals surface area contributed by atoms with Crippen molar-refractivity contribution in [2.75, 3.05) is 11.1 Å². The van der Waals surface area contributed by atoms with Crippen LogP contribution in [0.5, 0.6) is 0 Å². The van der Waals surface area contributed by atoms with Crippen molar-refractivity contribution in [1.82, 2.24) is 0 Å². The molecule has 0 bridgehead atoms. The lowest BCUT2D eigenvalue weighted by Gasteiger charge is -2.20. The highest BCUT2D eigenvalue weighted by Gasteiger charge is 2.22. The van der Waals surface area contributed by atoms with Crippen LogP contribution in [0.25, 0.3) is 0 Å². The first-order chi connectivity index (χ1) is 9.08. The van der Waals surface area contributed by atoms with Crippen molar-refractivity contribution in [1.29, 1.82) is 0 Å². The molecule has 2 N–H and O–H groups in total. The van der Waals surface area contributed by atoms with E-state index in [9.17, 15) is 14.0 Å². The summed E-state index contributed by atoms with van der Waals surface area (Å²) in [7, 11) is 0. The van der Waals surface area contributed by atoms with Crippen molar-refractivity contribution in [3.8, 4) is 0 Å². The van der Waals surface area contributed by atoms with Crippen LogP contribution in [-0.4, -0.2) is 28.0 Å². The molecule has 1 atom stereocenters. The van der Waals surface area contributed by atoms with Crippen LogP contribution in [0.3, 0.4) is 0 Å². The molecule has 4 nitrogen and oxygen atoms in total. The smallest absolute Gasteiger partial charge is 0.338 e. The van der Waals surface area contributed by atoms with Crippen LogP contribution in [0.1, 0.15) is 29.6 Å². The minimum atomic E-state index is -1.32. The van der Waals surface area contributed by atoms with Gasteiger partial charge in [0, 0.05) is 5.69 Å². The van der Waals surface area contributed by atoms with Crippen molar-refractivity contribution in [3.63, 3.8) is 0 Å². The zero-order valence-electron chi connectivity index (χ0n) is 10.2. The van der Waals surface area contributed by atoms with Crippen LogP contribution >= 0.6 is 11.8 Å². The van der Waals surface area contributed by atoms with E-state index in [4.69, 9.17) is 5.11 Å². The normalized spacial score (nSPS) is 18.9. The number of carboxylic acid groups (broad SMARTS) is 1. The first-order valence-corrected chi connectivity index (χ1v) is 7.08. The molecule has 102 valence electrons. The van der Waals surface area contributed by atoms with Crippen molar-refractivity contribution < 1.29 is 19.1 Å². The highest BCUT2D eigenvalue weighted by Crippen LogP contribution is 2.26. The zero-order chi connectivity index (χ0) is 13.8. The number of carbonyl (C=O) groups excluding carboxylic acids is 1. The molecule has 1 aliphatic heterocycles. The molecule has 1 saturated heterocycles. The van der Waals surface area contributed by atoms with E-state index in [-0.39, 0.29) is 11.2 Å². The molecule has 1 fully saturated rings. The maximum Gasteiger partial charge on any atom is 0.338 e. The molecular weight excluding hydrogens is 269 g/mol. The molecule has 0 saturated carbocycles. The van der Waals surface area contributed by atoms with Gasteiger partial charge in [-0.05, 0) is 36.8 Å². The van der Waals surface area contributed by atoms with Gasteiger partial charge in [-0.25, -0.2) is 9.18 Å². The summed E-state index contributed by atoms with van der Waals surface area (Å²) in [5.74, 6) is -1.35. The molecule has 1 heterocycles. The van der Waals surface area contributed by atoms with Crippen LogP contribution in [0.15, 0.2) is 18.2 Å². The van der Waals surface area contributed by atoms with Gasteiger partial charge in [0.15, 0.2) is 0 Å². The van der Waals surface area contributed by atoms with E-state index in [2.05, 4.69) is 5.32 Å². The number of nitrogens with one attached hydrogen (secondary N) is 1. The number of benzene rings is 1. The van der Waals surface area contributed by atoms with E-state index in [1.54, 1.807) is 11.8 Å². The Bertz CT molecular complexity index is 501.